The maximum Gasteiger partial charge on any atom is 0.406 e. The maximum atomic E-state index is 12.5. The van der Waals surface area contributed by atoms with Gasteiger partial charge < -0.3 is 9.32 Å². The van der Waals surface area contributed by atoms with Crippen LogP contribution in [0.2, 0.25) is 0 Å². The van der Waals surface area contributed by atoms with Crippen LogP contribution < -0.4 is 0 Å². The fourth-order valence-electron chi connectivity index (χ4n) is 1.58. The molecule has 0 bridgehead atoms. The van der Waals surface area contributed by atoms with Gasteiger partial charge >= 0.3 is 6.18 Å². The van der Waals surface area contributed by atoms with Crippen LogP contribution in [-0.2, 0) is 6.54 Å². The molecule has 2 rings (SSSR count). The van der Waals surface area contributed by atoms with Gasteiger partial charge in [-0.25, -0.2) is 0 Å². The van der Waals surface area contributed by atoms with Crippen LogP contribution in [-0.4, -0.2) is 23.5 Å². The number of thiophene rings is 1. The molecular formula is C12H10F3NO2S. The summed E-state index contributed by atoms with van der Waals surface area (Å²) in [5.74, 6) is -0.345. The Morgan fingerprint density at radius 1 is 1.37 bits per heavy atom. The number of hydrogen-bond acceptors (Lipinski definition) is 3. The molecular weight excluding hydrogens is 279 g/mol. The van der Waals surface area contributed by atoms with Crippen LogP contribution in [0.25, 0.3) is 0 Å². The Hall–Kier alpha value is -1.76. The highest BCUT2D eigenvalue weighted by Crippen LogP contribution is 2.21. The van der Waals surface area contributed by atoms with Crippen LogP contribution in [0.5, 0.6) is 0 Å². The van der Waals surface area contributed by atoms with E-state index in [0.717, 1.165) is 4.90 Å². The van der Waals surface area contributed by atoms with Crippen LogP contribution in [0, 0.1) is 0 Å². The Kier molecular flexibility index (Phi) is 3.94. The molecule has 0 spiro atoms. The van der Waals surface area contributed by atoms with Crippen molar-refractivity contribution in [3.63, 3.8) is 0 Å². The van der Waals surface area contributed by atoms with Gasteiger partial charge in [-0.05, 0) is 23.6 Å². The molecule has 0 aliphatic carbocycles. The summed E-state index contributed by atoms with van der Waals surface area (Å²) in [6.07, 6.45) is -3.09. The van der Waals surface area contributed by atoms with Gasteiger partial charge in [0.1, 0.15) is 12.3 Å². The summed E-state index contributed by atoms with van der Waals surface area (Å²) in [7, 11) is 0. The summed E-state index contributed by atoms with van der Waals surface area (Å²) in [6, 6.07) is 4.60. The zero-order chi connectivity index (χ0) is 13.9. The molecule has 2 aromatic rings. The summed E-state index contributed by atoms with van der Waals surface area (Å²) in [5, 5.41) is 3.17. The van der Waals surface area contributed by atoms with Crippen molar-refractivity contribution in [3.05, 3.63) is 46.5 Å². The fraction of sp³-hybridized carbons (Fsp3) is 0.250. The third-order valence-electron chi connectivity index (χ3n) is 2.35. The second-order valence-corrected chi connectivity index (χ2v) is 4.65. The van der Waals surface area contributed by atoms with Crippen LogP contribution in [0.4, 0.5) is 13.2 Å². The standard InChI is InChI=1S/C12H10F3NO2S/c13-12(14,15)8-16(6-10-2-1-4-18-10)11(17)9-3-5-19-7-9/h1-5,7H,6,8H2. The van der Waals surface area contributed by atoms with E-state index in [1.54, 1.807) is 11.4 Å². The Bertz CT molecular complexity index is 520. The third kappa shape index (κ3) is 3.85. The van der Waals surface area contributed by atoms with Gasteiger partial charge in [-0.15, -0.1) is 0 Å². The average molecular weight is 289 g/mol. The van der Waals surface area contributed by atoms with Gasteiger partial charge in [0.05, 0.1) is 18.4 Å². The smallest absolute Gasteiger partial charge is 0.406 e. The van der Waals surface area contributed by atoms with Crippen molar-refractivity contribution in [2.45, 2.75) is 12.7 Å². The molecule has 0 N–H and O–H groups in total. The normalized spacial score (nSPS) is 11.5. The van der Waals surface area contributed by atoms with E-state index in [9.17, 15) is 18.0 Å². The zero-order valence-corrected chi connectivity index (χ0v) is 10.5. The van der Waals surface area contributed by atoms with Crippen molar-refractivity contribution in [2.24, 2.45) is 0 Å². The minimum Gasteiger partial charge on any atom is -0.467 e. The van der Waals surface area contributed by atoms with E-state index < -0.39 is 18.6 Å². The largest absolute Gasteiger partial charge is 0.467 e. The number of hydrogen-bond donors (Lipinski definition) is 0. The van der Waals surface area contributed by atoms with Crippen LogP contribution in [0.1, 0.15) is 16.1 Å². The molecule has 0 unspecified atom stereocenters. The first-order chi connectivity index (χ1) is 8.96. The SMILES string of the molecule is O=C(c1ccsc1)N(Cc1ccco1)CC(F)(F)F. The summed E-state index contributed by atoms with van der Waals surface area (Å²) in [6.45, 7) is -1.51. The highest BCUT2D eigenvalue weighted by atomic mass is 32.1. The molecule has 2 heterocycles. The Morgan fingerprint density at radius 2 is 2.16 bits per heavy atom. The van der Waals surface area contributed by atoms with Gasteiger partial charge in [0.25, 0.3) is 5.91 Å². The molecule has 3 nitrogen and oxygen atoms in total. The molecule has 7 heteroatoms. The summed E-state index contributed by atoms with van der Waals surface area (Å²) in [4.78, 5) is 12.7. The molecule has 0 saturated carbocycles. The van der Waals surface area contributed by atoms with Gasteiger partial charge in [-0.2, -0.15) is 24.5 Å². The van der Waals surface area contributed by atoms with Gasteiger partial charge in [-0.3, -0.25) is 4.79 Å². The summed E-state index contributed by atoms with van der Waals surface area (Å²) < 4.78 is 42.5. The molecule has 2 aromatic heterocycles. The van der Waals surface area contributed by atoms with Crippen molar-refractivity contribution in [1.29, 1.82) is 0 Å². The van der Waals surface area contributed by atoms with E-state index in [-0.39, 0.29) is 12.1 Å². The van der Waals surface area contributed by atoms with Gasteiger partial charge in [0.15, 0.2) is 0 Å². The predicted octanol–water partition coefficient (Wildman–Crippen LogP) is 3.55. The number of halogens is 3. The molecule has 102 valence electrons. The molecule has 0 aliphatic rings. The number of rotatable bonds is 4. The van der Waals surface area contributed by atoms with Crippen LogP contribution in [0.3, 0.4) is 0 Å². The van der Waals surface area contributed by atoms with Gasteiger partial charge in [-0.1, -0.05) is 0 Å². The van der Waals surface area contributed by atoms with Crippen molar-refractivity contribution < 1.29 is 22.4 Å². The Labute approximate surface area is 111 Å². The predicted molar refractivity (Wildman–Crippen MR) is 63.8 cm³/mol. The number of alkyl halides is 3. The summed E-state index contributed by atoms with van der Waals surface area (Å²) in [5.41, 5.74) is 0.251. The van der Waals surface area contributed by atoms with Crippen molar-refractivity contribution in [2.75, 3.05) is 6.54 Å². The molecule has 0 radical (unpaired) electrons. The van der Waals surface area contributed by atoms with Gasteiger partial charge in [0, 0.05) is 5.38 Å². The van der Waals surface area contributed by atoms with E-state index in [1.165, 1.54) is 35.1 Å². The molecule has 0 aliphatic heterocycles. The number of carbonyl (C=O) groups is 1. The Balaban J connectivity index is 2.16. The third-order valence-corrected chi connectivity index (χ3v) is 3.04. The second kappa shape index (κ2) is 5.48. The number of carbonyl (C=O) groups excluding carboxylic acids is 1. The highest BCUT2D eigenvalue weighted by molar-refractivity contribution is 7.08. The van der Waals surface area contributed by atoms with Crippen molar-refractivity contribution in [1.82, 2.24) is 4.90 Å². The summed E-state index contributed by atoms with van der Waals surface area (Å²) >= 11 is 1.26. The maximum absolute atomic E-state index is 12.5. The number of amides is 1. The molecule has 0 saturated heterocycles. The highest BCUT2D eigenvalue weighted by Gasteiger charge is 2.33. The first-order valence-corrected chi connectivity index (χ1v) is 6.30. The van der Waals surface area contributed by atoms with Crippen molar-refractivity contribution in [3.8, 4) is 0 Å². The monoisotopic (exact) mass is 289 g/mol. The average Bonchev–Trinajstić information content (AvgIpc) is 2.98. The second-order valence-electron chi connectivity index (χ2n) is 3.87. The zero-order valence-electron chi connectivity index (χ0n) is 9.68. The van der Waals surface area contributed by atoms with Crippen LogP contribution in [0.15, 0.2) is 39.6 Å². The van der Waals surface area contributed by atoms with E-state index in [0.29, 0.717) is 5.76 Å². The molecule has 0 atom stereocenters. The first-order valence-electron chi connectivity index (χ1n) is 5.36. The van der Waals surface area contributed by atoms with Crippen molar-refractivity contribution >= 4 is 17.2 Å². The lowest BCUT2D eigenvalue weighted by molar-refractivity contribution is -0.142. The first kappa shape index (κ1) is 13.7. The van der Waals surface area contributed by atoms with E-state index >= 15 is 0 Å². The van der Waals surface area contributed by atoms with E-state index in [2.05, 4.69) is 0 Å². The van der Waals surface area contributed by atoms with E-state index in [1.807, 2.05) is 0 Å². The topological polar surface area (TPSA) is 33.5 Å². The lowest BCUT2D eigenvalue weighted by Gasteiger charge is -2.22. The minimum atomic E-state index is -4.45. The molecule has 0 fully saturated rings. The fourth-order valence-corrected chi connectivity index (χ4v) is 2.21. The molecule has 19 heavy (non-hydrogen) atoms. The number of nitrogens with zero attached hydrogens (tertiary/aromatic N) is 1. The lowest BCUT2D eigenvalue weighted by Crippen LogP contribution is -2.38. The van der Waals surface area contributed by atoms with Crippen LogP contribution >= 0.6 is 11.3 Å². The van der Waals surface area contributed by atoms with Gasteiger partial charge in [0.2, 0.25) is 0 Å². The number of furan rings is 1. The quantitative estimate of drug-likeness (QED) is 0.862. The lowest BCUT2D eigenvalue weighted by atomic mass is 10.2. The minimum absolute atomic E-state index is 0.207. The molecule has 0 aromatic carbocycles. The Morgan fingerprint density at radius 3 is 2.68 bits per heavy atom. The van der Waals surface area contributed by atoms with E-state index in [4.69, 9.17) is 4.42 Å². The molecule has 1 amide bonds.